The van der Waals surface area contributed by atoms with Crippen molar-refractivity contribution >= 4 is 18.0 Å². The molecule has 27 heavy (non-hydrogen) atoms. The van der Waals surface area contributed by atoms with Gasteiger partial charge in [0.2, 0.25) is 0 Å². The fourth-order valence-electron chi connectivity index (χ4n) is 1.61. The number of ether oxygens (including phenoxy) is 1. The van der Waals surface area contributed by atoms with Crippen molar-refractivity contribution in [2.75, 3.05) is 12.4 Å². The summed E-state index contributed by atoms with van der Waals surface area (Å²) >= 11 is -0.00551. The Morgan fingerprint density at radius 3 is 1.74 bits per heavy atom. The van der Waals surface area contributed by atoms with E-state index < -0.39 is 61.0 Å². The monoisotopic (exact) mass is 450 g/mol. The molecule has 1 N–H and O–H groups in total. The third-order valence-corrected chi connectivity index (χ3v) is 3.42. The first-order valence-electron chi connectivity index (χ1n) is 6.23. The van der Waals surface area contributed by atoms with Gasteiger partial charge < -0.3 is 4.74 Å². The quantitative estimate of drug-likeness (QED) is 0.121. The Morgan fingerprint density at radius 1 is 0.926 bits per heavy atom. The van der Waals surface area contributed by atoms with Crippen molar-refractivity contribution in [2.45, 2.75) is 42.7 Å². The molecule has 0 radical (unpaired) electrons. The molecule has 0 spiro atoms. The molecule has 5 nitrogen and oxygen atoms in total. The molecule has 0 fully saturated rings. The number of carbonyl (C=O) groups is 1. The molecule has 17 heteroatoms. The minimum Gasteiger partial charge on any atom is -0.465 e. The first-order chi connectivity index (χ1) is 12.1. The standard InChI is InChI=1S/C10H9F11O5S/c11-5(12)8(17,18)10(21,9(19,20)6(13)14)7(15,16)1-2-24-4(22)3-27-26-25-23/h5-6,23H,1-3H2. The predicted molar refractivity (Wildman–Crippen MR) is 63.5 cm³/mol. The van der Waals surface area contributed by atoms with E-state index in [2.05, 4.69) is 14.1 Å². The lowest BCUT2D eigenvalue weighted by Gasteiger charge is -2.42. The van der Waals surface area contributed by atoms with Gasteiger partial charge in [-0.1, -0.05) is 5.04 Å². The first kappa shape index (κ1) is 25.9. The Hall–Kier alpha value is -1.07. The fraction of sp³-hybridized carbons (Fsp3) is 0.900. The zero-order chi connectivity index (χ0) is 21.7. The molecule has 0 amide bonds. The molecule has 0 rings (SSSR count). The zero-order valence-electron chi connectivity index (χ0n) is 12.4. The van der Waals surface area contributed by atoms with Gasteiger partial charge in [0.1, 0.15) is 5.75 Å². The minimum atomic E-state index is -7.01. The topological polar surface area (TPSA) is 65.0 Å². The summed E-state index contributed by atoms with van der Waals surface area (Å²) in [6.07, 6.45) is -13.6. The Kier molecular flexibility index (Phi) is 9.05. The first-order valence-corrected chi connectivity index (χ1v) is 7.14. The van der Waals surface area contributed by atoms with E-state index in [0.29, 0.717) is 0 Å². The van der Waals surface area contributed by atoms with Crippen LogP contribution in [0.4, 0.5) is 48.3 Å². The van der Waals surface area contributed by atoms with Gasteiger partial charge in [-0.2, -0.15) is 17.6 Å². The molecule has 0 aromatic rings. The second-order valence-corrected chi connectivity index (χ2v) is 5.25. The van der Waals surface area contributed by atoms with E-state index in [1.54, 1.807) is 0 Å². The summed E-state index contributed by atoms with van der Waals surface area (Å²) in [6, 6.07) is 0. The molecule has 0 aromatic heterocycles. The normalized spacial score (nSPS) is 14.1. The molecule has 0 aliphatic rings. The number of alkyl halides is 11. The Balaban J connectivity index is 5.51. The van der Waals surface area contributed by atoms with E-state index in [0.717, 1.165) is 0 Å². The van der Waals surface area contributed by atoms with Crippen LogP contribution < -0.4 is 0 Å². The molecule has 0 heterocycles. The van der Waals surface area contributed by atoms with Crippen molar-refractivity contribution in [3.63, 3.8) is 0 Å². The highest BCUT2D eigenvalue weighted by atomic mass is 32.2. The highest BCUT2D eigenvalue weighted by Crippen LogP contribution is 2.58. The molecule has 0 bridgehead atoms. The van der Waals surface area contributed by atoms with Gasteiger partial charge in [-0.3, -0.25) is 4.79 Å². The summed E-state index contributed by atoms with van der Waals surface area (Å²) in [5.74, 6) is -22.4. The third kappa shape index (κ3) is 5.26. The SMILES string of the molecule is O=C(CSOOO)OCCC(F)(F)C(F)(C(F)(F)C(F)F)C(F)(F)C(F)F. The van der Waals surface area contributed by atoms with E-state index in [1.165, 1.54) is 0 Å². The van der Waals surface area contributed by atoms with Crippen molar-refractivity contribution in [3.05, 3.63) is 0 Å². The van der Waals surface area contributed by atoms with Crippen LogP contribution in [0, 0.1) is 0 Å². The lowest BCUT2D eigenvalue weighted by Crippen LogP contribution is -2.71. The second-order valence-electron chi connectivity index (χ2n) is 4.59. The molecule has 0 aliphatic carbocycles. The number of rotatable bonds is 12. The molecular formula is C10H9F11O5S. The lowest BCUT2D eigenvalue weighted by atomic mass is 9.82. The van der Waals surface area contributed by atoms with Gasteiger partial charge >= 0.3 is 36.3 Å². The van der Waals surface area contributed by atoms with Crippen LogP contribution in [-0.2, 0) is 18.9 Å². The number of carbonyl (C=O) groups excluding carboxylic acids is 1. The summed E-state index contributed by atoms with van der Waals surface area (Å²) < 4.78 is 150. The van der Waals surface area contributed by atoms with Crippen molar-refractivity contribution < 1.29 is 72.5 Å². The summed E-state index contributed by atoms with van der Waals surface area (Å²) in [6.45, 7) is -1.79. The molecule has 0 saturated heterocycles. The summed E-state index contributed by atoms with van der Waals surface area (Å²) in [7, 11) is 0. The second kappa shape index (κ2) is 9.42. The van der Waals surface area contributed by atoms with Crippen LogP contribution in [0.1, 0.15) is 6.42 Å². The molecule has 0 aromatic carbocycles. The number of hydrogen-bond acceptors (Lipinski definition) is 6. The lowest BCUT2D eigenvalue weighted by molar-refractivity contribution is -0.432. The van der Waals surface area contributed by atoms with E-state index in [1.807, 2.05) is 0 Å². The Morgan fingerprint density at radius 2 is 1.37 bits per heavy atom. The van der Waals surface area contributed by atoms with E-state index >= 15 is 0 Å². The van der Waals surface area contributed by atoms with E-state index in [-0.39, 0.29) is 12.0 Å². The minimum absolute atomic E-state index is 0.00551. The van der Waals surface area contributed by atoms with E-state index in [9.17, 15) is 53.1 Å². The third-order valence-electron chi connectivity index (χ3n) is 2.91. The maximum atomic E-state index is 14.0. The predicted octanol–water partition coefficient (Wildman–Crippen LogP) is 4.13. The van der Waals surface area contributed by atoms with Crippen molar-refractivity contribution in [3.8, 4) is 0 Å². The molecule has 162 valence electrons. The fourth-order valence-corrected chi connectivity index (χ4v) is 1.88. The molecular weight excluding hydrogens is 441 g/mol. The van der Waals surface area contributed by atoms with Crippen LogP contribution in [-0.4, -0.2) is 59.9 Å². The highest BCUT2D eigenvalue weighted by molar-refractivity contribution is 7.95. The number of hydrogen-bond donors (Lipinski definition) is 1. The van der Waals surface area contributed by atoms with Crippen LogP contribution >= 0.6 is 12.0 Å². The van der Waals surface area contributed by atoms with Gasteiger partial charge in [-0.25, -0.2) is 36.0 Å². The maximum Gasteiger partial charge on any atom is 0.352 e. The van der Waals surface area contributed by atoms with Gasteiger partial charge in [0.25, 0.3) is 5.92 Å². The zero-order valence-corrected chi connectivity index (χ0v) is 13.2. The summed E-state index contributed by atoms with van der Waals surface area (Å²) in [5, 5.41) is 10.7. The van der Waals surface area contributed by atoms with Crippen LogP contribution in [0.15, 0.2) is 0 Å². The molecule has 0 atom stereocenters. The number of esters is 1. The average Bonchev–Trinajstić information content (AvgIpc) is 2.53. The van der Waals surface area contributed by atoms with Gasteiger partial charge in [0, 0.05) is 18.5 Å². The highest BCUT2D eigenvalue weighted by Gasteiger charge is 2.86. The van der Waals surface area contributed by atoms with Gasteiger partial charge in [-0.15, -0.1) is 4.33 Å². The maximum absolute atomic E-state index is 14.0. The van der Waals surface area contributed by atoms with Crippen molar-refractivity contribution in [1.82, 2.24) is 0 Å². The van der Waals surface area contributed by atoms with Crippen LogP contribution in [0.3, 0.4) is 0 Å². The van der Waals surface area contributed by atoms with Gasteiger partial charge in [0.05, 0.1) is 6.61 Å². The summed E-state index contributed by atoms with van der Waals surface area (Å²) in [5.41, 5.74) is -7.01. The number of halogens is 11. The Bertz CT molecular complexity index is 470. The molecule has 0 saturated carbocycles. The van der Waals surface area contributed by atoms with Crippen molar-refractivity contribution in [1.29, 1.82) is 0 Å². The van der Waals surface area contributed by atoms with Gasteiger partial charge in [-0.05, 0) is 0 Å². The molecule has 0 aliphatic heterocycles. The average molecular weight is 450 g/mol. The smallest absolute Gasteiger partial charge is 0.352 e. The van der Waals surface area contributed by atoms with Crippen molar-refractivity contribution in [2.24, 2.45) is 0 Å². The van der Waals surface area contributed by atoms with Gasteiger partial charge in [0.15, 0.2) is 0 Å². The molecule has 0 unspecified atom stereocenters. The van der Waals surface area contributed by atoms with Crippen LogP contribution in [0.5, 0.6) is 0 Å². The summed E-state index contributed by atoms with van der Waals surface area (Å²) in [4.78, 5) is 10.9. The van der Waals surface area contributed by atoms with E-state index in [4.69, 9.17) is 5.26 Å². The van der Waals surface area contributed by atoms with Crippen LogP contribution in [0.25, 0.3) is 0 Å². The largest absolute Gasteiger partial charge is 0.465 e. The van der Waals surface area contributed by atoms with Crippen LogP contribution in [0.2, 0.25) is 0 Å². The Labute approximate surface area is 146 Å².